The highest BCUT2D eigenvalue weighted by Gasteiger charge is 2.29. The molecule has 1 heterocycles. The molecule has 1 amide bonds. The average molecular weight is 241 g/mol. The molecule has 0 aliphatic carbocycles. The van der Waals surface area contributed by atoms with E-state index in [0.29, 0.717) is 19.4 Å². The van der Waals surface area contributed by atoms with Crippen molar-refractivity contribution in [3.8, 4) is 0 Å². The van der Waals surface area contributed by atoms with Gasteiger partial charge < -0.3 is 9.64 Å². The van der Waals surface area contributed by atoms with Crippen LogP contribution in [0.25, 0.3) is 0 Å². The largest absolute Gasteiger partial charge is 0.384 e. The Morgan fingerprint density at radius 1 is 1.47 bits per heavy atom. The molecule has 1 saturated heterocycles. The lowest BCUT2D eigenvalue weighted by Gasteiger charge is -2.25. The Balaban J connectivity index is 2.46. The fourth-order valence-electron chi connectivity index (χ4n) is 2.47. The summed E-state index contributed by atoms with van der Waals surface area (Å²) >= 11 is 0. The number of likely N-dealkylation sites (tertiary alicyclic amines) is 1. The molecule has 0 aromatic rings. The molecule has 1 rings (SSSR count). The molecule has 2 atom stereocenters. The van der Waals surface area contributed by atoms with Gasteiger partial charge in [0.05, 0.1) is 0 Å². The van der Waals surface area contributed by atoms with Gasteiger partial charge in [0.1, 0.15) is 5.78 Å². The molecule has 0 bridgehead atoms. The van der Waals surface area contributed by atoms with E-state index in [4.69, 9.17) is 4.74 Å². The number of Topliss-reactive ketones (excluding diaryl/α,β-unsaturated/α-hetero) is 1. The Morgan fingerprint density at radius 2 is 2.18 bits per heavy atom. The van der Waals surface area contributed by atoms with E-state index >= 15 is 0 Å². The van der Waals surface area contributed by atoms with Gasteiger partial charge in [0, 0.05) is 39.1 Å². The Bertz CT molecular complexity index is 278. The van der Waals surface area contributed by atoms with Gasteiger partial charge in [0.25, 0.3) is 0 Å². The first-order chi connectivity index (χ1) is 8.04. The summed E-state index contributed by atoms with van der Waals surface area (Å²) in [4.78, 5) is 25.1. The molecular formula is C13H23NO3. The maximum atomic E-state index is 12.1. The molecule has 98 valence electrons. The number of rotatable bonds is 6. The molecule has 4 heteroatoms. The van der Waals surface area contributed by atoms with E-state index in [-0.39, 0.29) is 23.7 Å². The van der Waals surface area contributed by atoms with E-state index in [9.17, 15) is 9.59 Å². The molecule has 4 nitrogen and oxygen atoms in total. The van der Waals surface area contributed by atoms with Crippen LogP contribution >= 0.6 is 0 Å². The maximum absolute atomic E-state index is 12.1. The van der Waals surface area contributed by atoms with Crippen LogP contribution in [0.2, 0.25) is 0 Å². The van der Waals surface area contributed by atoms with Crippen LogP contribution in [0.15, 0.2) is 0 Å². The van der Waals surface area contributed by atoms with E-state index in [1.54, 1.807) is 14.0 Å². The van der Waals surface area contributed by atoms with Gasteiger partial charge >= 0.3 is 0 Å². The fourth-order valence-corrected chi connectivity index (χ4v) is 2.47. The highest BCUT2D eigenvalue weighted by atomic mass is 16.5. The van der Waals surface area contributed by atoms with Crippen LogP contribution in [-0.4, -0.2) is 42.9 Å². The van der Waals surface area contributed by atoms with Crippen LogP contribution in [0.4, 0.5) is 0 Å². The predicted octanol–water partition coefficient (Wildman–Crippen LogP) is 1.63. The Kier molecular flexibility index (Phi) is 5.62. The second-order valence-electron chi connectivity index (χ2n) is 5.05. The number of amides is 1. The fraction of sp³-hybridized carbons (Fsp3) is 0.846. The summed E-state index contributed by atoms with van der Waals surface area (Å²) in [7, 11) is 1.65. The number of hydrogen-bond acceptors (Lipinski definition) is 3. The van der Waals surface area contributed by atoms with Crippen molar-refractivity contribution in [2.24, 2.45) is 5.92 Å². The first-order valence-electron chi connectivity index (χ1n) is 6.32. The Hall–Kier alpha value is -0.900. The third kappa shape index (κ3) is 4.46. The zero-order chi connectivity index (χ0) is 12.8. The van der Waals surface area contributed by atoms with E-state index in [0.717, 1.165) is 19.4 Å². The van der Waals surface area contributed by atoms with Crippen LogP contribution in [0.5, 0.6) is 0 Å². The molecule has 0 saturated carbocycles. The van der Waals surface area contributed by atoms with Crippen molar-refractivity contribution in [3.05, 3.63) is 0 Å². The van der Waals surface area contributed by atoms with Gasteiger partial charge in [-0.3, -0.25) is 9.59 Å². The monoisotopic (exact) mass is 241 g/mol. The normalized spacial score (nSPS) is 21.6. The third-order valence-electron chi connectivity index (χ3n) is 3.19. The second kappa shape index (κ2) is 6.74. The number of hydrogen-bond donors (Lipinski definition) is 0. The minimum Gasteiger partial charge on any atom is -0.384 e. The molecule has 0 aromatic heterocycles. The molecule has 2 unspecified atom stereocenters. The summed E-state index contributed by atoms with van der Waals surface area (Å²) in [5.41, 5.74) is 0. The zero-order valence-electron chi connectivity index (χ0n) is 11.1. The van der Waals surface area contributed by atoms with Gasteiger partial charge in [-0.2, -0.15) is 0 Å². The molecular weight excluding hydrogens is 218 g/mol. The van der Waals surface area contributed by atoms with Gasteiger partial charge in [-0.1, -0.05) is 6.92 Å². The topological polar surface area (TPSA) is 46.6 Å². The molecule has 0 spiro atoms. The SMILES string of the molecule is COCC(C)CC(=O)N1CCCC1CC(C)=O. The summed E-state index contributed by atoms with van der Waals surface area (Å²) < 4.78 is 5.03. The van der Waals surface area contributed by atoms with Gasteiger partial charge in [0.2, 0.25) is 5.91 Å². The average Bonchev–Trinajstić information content (AvgIpc) is 2.65. The van der Waals surface area contributed by atoms with Crippen molar-refractivity contribution in [1.29, 1.82) is 0 Å². The lowest BCUT2D eigenvalue weighted by atomic mass is 10.1. The summed E-state index contributed by atoms with van der Waals surface area (Å²) in [5.74, 6) is 0.573. The molecule has 1 aliphatic heterocycles. The number of methoxy groups -OCH3 is 1. The van der Waals surface area contributed by atoms with Gasteiger partial charge in [0.15, 0.2) is 0 Å². The summed E-state index contributed by atoms with van der Waals surface area (Å²) in [6, 6.07) is 0.134. The molecule has 0 radical (unpaired) electrons. The second-order valence-corrected chi connectivity index (χ2v) is 5.05. The van der Waals surface area contributed by atoms with Crippen LogP contribution in [0.1, 0.15) is 39.5 Å². The smallest absolute Gasteiger partial charge is 0.223 e. The minimum atomic E-state index is 0.134. The number of ketones is 1. The predicted molar refractivity (Wildman–Crippen MR) is 65.7 cm³/mol. The first-order valence-corrected chi connectivity index (χ1v) is 6.32. The molecule has 0 N–H and O–H groups in total. The lowest BCUT2D eigenvalue weighted by molar-refractivity contribution is -0.133. The molecule has 1 aliphatic rings. The number of carbonyl (C=O) groups excluding carboxylic acids is 2. The van der Waals surface area contributed by atoms with Gasteiger partial charge in [-0.25, -0.2) is 0 Å². The van der Waals surface area contributed by atoms with Gasteiger partial charge in [-0.05, 0) is 25.7 Å². The van der Waals surface area contributed by atoms with Crippen LogP contribution in [0.3, 0.4) is 0 Å². The standard InChI is InChI=1S/C13H23NO3/c1-10(9-17-3)7-13(16)14-6-4-5-12(14)8-11(2)15/h10,12H,4-9H2,1-3H3. The number of nitrogens with zero attached hydrogens (tertiary/aromatic N) is 1. The molecule has 1 fully saturated rings. The summed E-state index contributed by atoms with van der Waals surface area (Å²) in [6.45, 7) is 5.01. The molecule has 0 aromatic carbocycles. The highest BCUT2D eigenvalue weighted by Crippen LogP contribution is 2.22. The van der Waals surface area contributed by atoms with Crippen molar-refractivity contribution in [2.45, 2.75) is 45.6 Å². The highest BCUT2D eigenvalue weighted by molar-refractivity contribution is 5.80. The quantitative estimate of drug-likeness (QED) is 0.710. The Morgan fingerprint density at radius 3 is 2.76 bits per heavy atom. The van der Waals surface area contributed by atoms with Crippen molar-refractivity contribution in [1.82, 2.24) is 4.90 Å². The van der Waals surface area contributed by atoms with Crippen molar-refractivity contribution >= 4 is 11.7 Å². The number of carbonyl (C=O) groups is 2. The summed E-state index contributed by atoms with van der Waals surface area (Å²) in [5, 5.41) is 0. The molecule has 17 heavy (non-hydrogen) atoms. The first kappa shape index (κ1) is 14.2. The van der Waals surface area contributed by atoms with Crippen LogP contribution in [-0.2, 0) is 14.3 Å². The summed E-state index contributed by atoms with van der Waals surface area (Å²) in [6.07, 6.45) is 3.00. The van der Waals surface area contributed by atoms with Gasteiger partial charge in [-0.15, -0.1) is 0 Å². The van der Waals surface area contributed by atoms with Crippen molar-refractivity contribution < 1.29 is 14.3 Å². The zero-order valence-corrected chi connectivity index (χ0v) is 11.1. The number of ether oxygens (including phenoxy) is 1. The van der Waals surface area contributed by atoms with E-state index in [1.807, 2.05) is 11.8 Å². The maximum Gasteiger partial charge on any atom is 0.223 e. The van der Waals surface area contributed by atoms with Crippen LogP contribution in [0, 0.1) is 5.92 Å². The van der Waals surface area contributed by atoms with Crippen LogP contribution < -0.4 is 0 Å². The van der Waals surface area contributed by atoms with E-state index in [2.05, 4.69) is 0 Å². The van der Waals surface area contributed by atoms with Crippen molar-refractivity contribution in [3.63, 3.8) is 0 Å². The van der Waals surface area contributed by atoms with E-state index in [1.165, 1.54) is 0 Å². The minimum absolute atomic E-state index is 0.134. The third-order valence-corrected chi connectivity index (χ3v) is 3.19. The Labute approximate surface area is 103 Å². The van der Waals surface area contributed by atoms with E-state index < -0.39 is 0 Å². The lowest BCUT2D eigenvalue weighted by Crippen LogP contribution is -2.37. The van der Waals surface area contributed by atoms with Crippen molar-refractivity contribution in [2.75, 3.05) is 20.3 Å².